The van der Waals surface area contributed by atoms with Crippen molar-refractivity contribution in [1.82, 2.24) is 0 Å². The lowest BCUT2D eigenvalue weighted by molar-refractivity contribution is 0.466. The van der Waals surface area contributed by atoms with E-state index in [0.29, 0.717) is 10.1 Å². The van der Waals surface area contributed by atoms with Crippen molar-refractivity contribution in [3.8, 4) is 0 Å². The fourth-order valence-corrected chi connectivity index (χ4v) is 2.35. The molecule has 3 nitrogen and oxygen atoms in total. The maximum Gasteiger partial charge on any atom is 0.233 e. The van der Waals surface area contributed by atoms with E-state index in [1.807, 2.05) is 18.2 Å². The third-order valence-corrected chi connectivity index (χ3v) is 3.32. The first-order valence-corrected chi connectivity index (χ1v) is 5.38. The number of hydrogen-bond acceptors (Lipinski definition) is 2. The van der Waals surface area contributed by atoms with E-state index < -0.39 is 11.1 Å². The van der Waals surface area contributed by atoms with Crippen molar-refractivity contribution < 1.29 is 13.2 Å². The van der Waals surface area contributed by atoms with Crippen LogP contribution in [0.15, 0.2) is 38.2 Å². The first-order valence-electron chi connectivity index (χ1n) is 3.48. The van der Waals surface area contributed by atoms with Gasteiger partial charge in [0.15, 0.2) is 0 Å². The zero-order valence-corrected chi connectivity index (χ0v) is 8.76. The van der Waals surface area contributed by atoms with Gasteiger partial charge in [-0.2, -0.15) is 0 Å². The minimum atomic E-state index is -2.09. The molecule has 0 amide bonds. The maximum absolute atomic E-state index is 10.8. The van der Waals surface area contributed by atoms with Gasteiger partial charge in [0.2, 0.25) is 16.2 Å². The van der Waals surface area contributed by atoms with E-state index in [0.717, 1.165) is 5.39 Å². The van der Waals surface area contributed by atoms with Gasteiger partial charge in [0.25, 0.3) is 0 Å². The van der Waals surface area contributed by atoms with Crippen molar-refractivity contribution in [2.24, 2.45) is 0 Å². The van der Waals surface area contributed by atoms with E-state index in [9.17, 15) is 4.21 Å². The molecular weight excluding hydrogens is 256 g/mol. The predicted molar refractivity (Wildman–Crippen MR) is 53.0 cm³/mol. The Labute approximate surface area is 85.2 Å². The topological polar surface area (TPSA) is 50.4 Å². The Morgan fingerprint density at radius 3 is 2.69 bits per heavy atom. The molecule has 0 bridgehead atoms. The quantitative estimate of drug-likeness (QED) is 0.803. The fraction of sp³-hybridized carbons (Fsp3) is 0. The Hall–Kier alpha value is -0.650. The number of benzene rings is 1. The van der Waals surface area contributed by atoms with Crippen LogP contribution in [0.1, 0.15) is 0 Å². The largest absolute Gasteiger partial charge is 0.444 e. The van der Waals surface area contributed by atoms with Gasteiger partial charge in [0.1, 0.15) is 5.58 Å². The molecule has 1 N–H and O–H groups in total. The molecule has 5 heteroatoms. The van der Waals surface area contributed by atoms with Crippen LogP contribution in [-0.4, -0.2) is 8.76 Å². The molecule has 0 saturated heterocycles. The highest BCUT2D eigenvalue weighted by Gasteiger charge is 2.15. The highest BCUT2D eigenvalue weighted by molar-refractivity contribution is 9.10. The predicted octanol–water partition coefficient (Wildman–Crippen LogP) is 2.78. The van der Waals surface area contributed by atoms with Crippen molar-refractivity contribution in [1.29, 1.82) is 0 Å². The normalized spacial score (nSPS) is 13.4. The van der Waals surface area contributed by atoms with E-state index in [1.165, 1.54) is 0 Å². The summed E-state index contributed by atoms with van der Waals surface area (Å²) in [6.07, 6.45) is 0. The Kier molecular flexibility index (Phi) is 2.23. The average molecular weight is 261 g/mol. The van der Waals surface area contributed by atoms with E-state index in [4.69, 9.17) is 8.97 Å². The second-order valence-electron chi connectivity index (χ2n) is 2.45. The standard InChI is InChI=1S/C8H5BrO3S/c9-7-5-3-1-2-4-6(5)12-8(7)13(10)11/h1-4H,(H,10,11). The summed E-state index contributed by atoms with van der Waals surface area (Å²) in [6.45, 7) is 0. The Morgan fingerprint density at radius 1 is 1.38 bits per heavy atom. The highest BCUT2D eigenvalue weighted by Crippen LogP contribution is 2.32. The minimum Gasteiger partial charge on any atom is -0.444 e. The van der Waals surface area contributed by atoms with Gasteiger partial charge in [-0.3, -0.25) is 4.55 Å². The molecule has 0 saturated carbocycles. The van der Waals surface area contributed by atoms with Crippen LogP contribution in [0.2, 0.25) is 0 Å². The Bertz CT molecular complexity index is 477. The molecule has 1 atom stereocenters. The summed E-state index contributed by atoms with van der Waals surface area (Å²) >= 11 is 1.12. The lowest BCUT2D eigenvalue weighted by Gasteiger charge is -1.86. The number of para-hydroxylation sites is 1. The van der Waals surface area contributed by atoms with Gasteiger partial charge in [-0.05, 0) is 28.1 Å². The van der Waals surface area contributed by atoms with Gasteiger partial charge in [0, 0.05) is 5.39 Å². The van der Waals surface area contributed by atoms with Crippen molar-refractivity contribution in [2.45, 2.75) is 5.09 Å². The lowest BCUT2D eigenvalue weighted by Crippen LogP contribution is -1.84. The minimum absolute atomic E-state index is 0.0567. The molecule has 2 rings (SSSR count). The van der Waals surface area contributed by atoms with Crippen LogP contribution in [0.25, 0.3) is 11.0 Å². The van der Waals surface area contributed by atoms with Crippen LogP contribution in [0.3, 0.4) is 0 Å². The van der Waals surface area contributed by atoms with Crippen LogP contribution in [-0.2, 0) is 11.1 Å². The molecule has 1 unspecified atom stereocenters. The van der Waals surface area contributed by atoms with Crippen molar-refractivity contribution in [3.05, 3.63) is 28.7 Å². The number of furan rings is 1. The van der Waals surface area contributed by atoms with Gasteiger partial charge < -0.3 is 4.42 Å². The van der Waals surface area contributed by atoms with Crippen LogP contribution in [0, 0.1) is 0 Å². The second-order valence-corrected chi connectivity index (χ2v) is 4.11. The lowest BCUT2D eigenvalue weighted by atomic mass is 10.3. The molecule has 0 aliphatic rings. The maximum atomic E-state index is 10.8. The van der Waals surface area contributed by atoms with Crippen molar-refractivity contribution >= 4 is 38.0 Å². The Morgan fingerprint density at radius 2 is 2.08 bits per heavy atom. The smallest absolute Gasteiger partial charge is 0.233 e. The van der Waals surface area contributed by atoms with E-state index >= 15 is 0 Å². The summed E-state index contributed by atoms with van der Waals surface area (Å²) in [5, 5.41) is 0.862. The van der Waals surface area contributed by atoms with Crippen molar-refractivity contribution in [3.63, 3.8) is 0 Å². The Balaban J connectivity index is 2.81. The number of halogens is 1. The molecular formula is C8H5BrO3S. The monoisotopic (exact) mass is 260 g/mol. The van der Waals surface area contributed by atoms with Gasteiger partial charge in [-0.25, -0.2) is 4.21 Å². The SMILES string of the molecule is O=S(O)c1oc2ccccc2c1Br. The zero-order chi connectivity index (χ0) is 9.42. The average Bonchev–Trinajstić information content (AvgIpc) is 2.45. The molecule has 0 radical (unpaired) electrons. The first kappa shape index (κ1) is 8.93. The third-order valence-electron chi connectivity index (χ3n) is 1.66. The summed E-state index contributed by atoms with van der Waals surface area (Å²) in [6, 6.07) is 7.21. The van der Waals surface area contributed by atoms with Gasteiger partial charge in [0.05, 0.1) is 4.47 Å². The van der Waals surface area contributed by atoms with Crippen molar-refractivity contribution in [2.75, 3.05) is 0 Å². The van der Waals surface area contributed by atoms with E-state index in [2.05, 4.69) is 15.9 Å². The molecule has 0 aliphatic carbocycles. The summed E-state index contributed by atoms with van der Waals surface area (Å²) in [5.41, 5.74) is 0.603. The molecule has 0 aliphatic heterocycles. The second kappa shape index (κ2) is 3.25. The number of fused-ring (bicyclic) bond motifs is 1. The molecule has 1 aromatic heterocycles. The molecule has 13 heavy (non-hydrogen) atoms. The molecule has 68 valence electrons. The third kappa shape index (κ3) is 1.43. The van der Waals surface area contributed by atoms with Crippen LogP contribution in [0.5, 0.6) is 0 Å². The number of rotatable bonds is 1. The van der Waals surface area contributed by atoms with E-state index in [1.54, 1.807) is 6.07 Å². The summed E-state index contributed by atoms with van der Waals surface area (Å²) in [5.74, 6) is 0. The van der Waals surface area contributed by atoms with Gasteiger partial charge in [-0.15, -0.1) is 0 Å². The summed E-state index contributed by atoms with van der Waals surface area (Å²) < 4.78 is 25.3. The molecule has 1 heterocycles. The van der Waals surface area contributed by atoms with Crippen LogP contribution < -0.4 is 0 Å². The highest BCUT2D eigenvalue weighted by atomic mass is 79.9. The summed E-state index contributed by atoms with van der Waals surface area (Å²) in [4.78, 5) is 0. The van der Waals surface area contributed by atoms with Crippen LogP contribution >= 0.6 is 15.9 Å². The molecule has 0 spiro atoms. The van der Waals surface area contributed by atoms with Gasteiger partial charge in [-0.1, -0.05) is 12.1 Å². The summed E-state index contributed by atoms with van der Waals surface area (Å²) in [7, 11) is 0. The first-order chi connectivity index (χ1) is 6.20. The molecule has 0 fully saturated rings. The molecule has 1 aromatic carbocycles. The van der Waals surface area contributed by atoms with Crippen LogP contribution in [0.4, 0.5) is 0 Å². The van der Waals surface area contributed by atoms with E-state index in [-0.39, 0.29) is 5.09 Å². The van der Waals surface area contributed by atoms with Gasteiger partial charge >= 0.3 is 0 Å². The zero-order valence-electron chi connectivity index (χ0n) is 6.36. The molecule has 2 aromatic rings. The number of hydrogen-bond donors (Lipinski definition) is 1. The fourth-order valence-electron chi connectivity index (χ4n) is 1.10.